The Morgan fingerprint density at radius 2 is 2.29 bits per heavy atom. The number of likely N-dealkylation sites (tertiary alicyclic amines) is 1. The summed E-state index contributed by atoms with van der Waals surface area (Å²) in [5, 5.41) is 10.2. The first-order chi connectivity index (χ1) is 7.98. The van der Waals surface area contributed by atoms with Crippen LogP contribution in [0.2, 0.25) is 5.02 Å². The summed E-state index contributed by atoms with van der Waals surface area (Å²) in [6.07, 6.45) is 1.78. The van der Waals surface area contributed by atoms with Crippen LogP contribution in [0.1, 0.15) is 25.3 Å². The van der Waals surface area contributed by atoms with Crippen molar-refractivity contribution in [2.75, 3.05) is 13.1 Å². The van der Waals surface area contributed by atoms with Crippen molar-refractivity contribution in [3.63, 3.8) is 0 Å². The topological polar surface area (TPSA) is 23.5 Å². The number of nitrogens with zero attached hydrogens (tertiary/aromatic N) is 1. The van der Waals surface area contributed by atoms with E-state index in [-0.39, 0.29) is 10.8 Å². The lowest BCUT2D eigenvalue weighted by atomic mass is 9.95. The smallest absolute Gasteiger partial charge is 0.142 e. The summed E-state index contributed by atoms with van der Waals surface area (Å²) in [5.41, 5.74) is 0.141. The fourth-order valence-electron chi connectivity index (χ4n) is 2.37. The van der Waals surface area contributed by atoms with E-state index in [2.05, 4.69) is 4.90 Å². The molecule has 0 radical (unpaired) electrons. The molecule has 1 N–H and O–H groups in total. The summed E-state index contributed by atoms with van der Waals surface area (Å²) >= 11 is 5.92. The van der Waals surface area contributed by atoms with Crippen LogP contribution in [0.4, 0.5) is 4.39 Å². The summed E-state index contributed by atoms with van der Waals surface area (Å²) in [6, 6.07) is 4.85. The largest absolute Gasteiger partial charge is 0.389 e. The molecular weight excluding hydrogens is 241 g/mol. The second-order valence-electron chi connectivity index (χ2n) is 5.02. The number of hydrogen-bond donors (Lipinski definition) is 1. The van der Waals surface area contributed by atoms with Crippen LogP contribution in [0.5, 0.6) is 0 Å². The molecule has 0 aromatic heterocycles. The van der Waals surface area contributed by atoms with Crippen molar-refractivity contribution >= 4 is 11.6 Å². The third kappa shape index (κ3) is 3.18. The van der Waals surface area contributed by atoms with Crippen LogP contribution in [0, 0.1) is 5.82 Å². The minimum Gasteiger partial charge on any atom is -0.389 e. The molecule has 17 heavy (non-hydrogen) atoms. The van der Waals surface area contributed by atoms with Gasteiger partial charge in [0.05, 0.1) is 10.6 Å². The number of benzene rings is 1. The monoisotopic (exact) mass is 257 g/mol. The number of β-amino-alcohol motifs (C(OH)–C–C–N with tert-alkyl or cyclic N) is 1. The summed E-state index contributed by atoms with van der Waals surface area (Å²) in [6.45, 7) is 3.96. The normalized spacial score (nSPS) is 26.1. The molecule has 94 valence electrons. The van der Waals surface area contributed by atoms with Crippen LogP contribution in [0.25, 0.3) is 0 Å². The quantitative estimate of drug-likeness (QED) is 0.881. The van der Waals surface area contributed by atoms with Gasteiger partial charge in [0.25, 0.3) is 0 Å². The molecule has 0 amide bonds. The number of halogens is 2. The third-order valence-corrected chi connectivity index (χ3v) is 3.60. The zero-order chi connectivity index (χ0) is 12.5. The van der Waals surface area contributed by atoms with E-state index in [0.29, 0.717) is 13.1 Å². The second-order valence-corrected chi connectivity index (χ2v) is 5.40. The highest BCUT2D eigenvalue weighted by Gasteiger charge is 2.28. The molecular formula is C13H17ClFNO. The predicted molar refractivity (Wildman–Crippen MR) is 66.5 cm³/mol. The van der Waals surface area contributed by atoms with Crippen LogP contribution >= 0.6 is 11.6 Å². The van der Waals surface area contributed by atoms with Crippen molar-refractivity contribution in [1.82, 2.24) is 4.90 Å². The number of hydrogen-bond acceptors (Lipinski definition) is 2. The molecule has 2 nitrogen and oxygen atoms in total. The molecule has 4 heteroatoms. The first kappa shape index (κ1) is 12.8. The summed E-state index contributed by atoms with van der Waals surface area (Å²) in [4.78, 5) is 2.12. The fraction of sp³-hybridized carbons (Fsp3) is 0.538. The Labute approximate surface area is 106 Å². The Morgan fingerprint density at radius 3 is 3.00 bits per heavy atom. The van der Waals surface area contributed by atoms with Gasteiger partial charge < -0.3 is 5.11 Å². The van der Waals surface area contributed by atoms with E-state index in [1.165, 1.54) is 6.07 Å². The van der Waals surface area contributed by atoms with Crippen molar-refractivity contribution in [1.29, 1.82) is 0 Å². The van der Waals surface area contributed by atoms with Gasteiger partial charge in [0.2, 0.25) is 0 Å². The van der Waals surface area contributed by atoms with E-state index in [1.54, 1.807) is 6.07 Å². The zero-order valence-corrected chi connectivity index (χ0v) is 10.7. The summed E-state index contributed by atoms with van der Waals surface area (Å²) in [7, 11) is 0. The molecule has 1 aliphatic rings. The van der Waals surface area contributed by atoms with Crippen LogP contribution in [0.15, 0.2) is 18.2 Å². The Hall–Kier alpha value is -0.640. The van der Waals surface area contributed by atoms with E-state index >= 15 is 0 Å². The van der Waals surface area contributed by atoms with Gasteiger partial charge in [-0.2, -0.15) is 0 Å². The highest BCUT2D eigenvalue weighted by molar-refractivity contribution is 6.31. The highest BCUT2D eigenvalue weighted by Crippen LogP contribution is 2.25. The molecule has 0 bridgehead atoms. The van der Waals surface area contributed by atoms with Crippen molar-refractivity contribution in [3.05, 3.63) is 34.6 Å². The SMILES string of the molecule is CC1(O)CCCN(Cc2cccc(F)c2Cl)C1. The molecule has 1 heterocycles. The number of rotatable bonds is 2. The summed E-state index contributed by atoms with van der Waals surface area (Å²) in [5.74, 6) is -0.382. The molecule has 1 unspecified atom stereocenters. The first-order valence-electron chi connectivity index (χ1n) is 5.85. The van der Waals surface area contributed by atoms with Crippen LogP contribution in [-0.4, -0.2) is 28.7 Å². The standard InChI is InChI=1S/C13H17ClFNO/c1-13(17)6-3-7-16(9-13)8-10-4-2-5-11(15)12(10)14/h2,4-5,17H,3,6-9H2,1H3. The lowest BCUT2D eigenvalue weighted by Crippen LogP contribution is -2.45. The fourth-order valence-corrected chi connectivity index (χ4v) is 2.56. The first-order valence-corrected chi connectivity index (χ1v) is 6.23. The average molecular weight is 258 g/mol. The van der Waals surface area contributed by atoms with E-state index in [9.17, 15) is 9.50 Å². The van der Waals surface area contributed by atoms with Gasteiger partial charge in [0.15, 0.2) is 0 Å². The Balaban J connectivity index is 2.08. The van der Waals surface area contributed by atoms with E-state index in [4.69, 9.17) is 11.6 Å². The molecule has 1 aliphatic heterocycles. The van der Waals surface area contributed by atoms with Gasteiger partial charge >= 0.3 is 0 Å². The van der Waals surface area contributed by atoms with Crippen molar-refractivity contribution < 1.29 is 9.50 Å². The van der Waals surface area contributed by atoms with E-state index in [0.717, 1.165) is 24.9 Å². The maximum Gasteiger partial charge on any atom is 0.142 e. The van der Waals surface area contributed by atoms with Gasteiger partial charge in [0, 0.05) is 13.1 Å². The maximum atomic E-state index is 13.3. The molecule has 1 atom stereocenters. The van der Waals surface area contributed by atoms with Gasteiger partial charge in [-0.05, 0) is 37.9 Å². The molecule has 1 saturated heterocycles. The van der Waals surface area contributed by atoms with Crippen molar-refractivity contribution in [2.24, 2.45) is 0 Å². The zero-order valence-electron chi connectivity index (χ0n) is 9.92. The molecule has 1 fully saturated rings. The van der Waals surface area contributed by atoms with E-state index < -0.39 is 5.60 Å². The van der Waals surface area contributed by atoms with Gasteiger partial charge in [-0.25, -0.2) is 4.39 Å². The lowest BCUT2D eigenvalue weighted by Gasteiger charge is -2.36. The van der Waals surface area contributed by atoms with Gasteiger partial charge in [-0.3, -0.25) is 4.90 Å². The molecule has 2 rings (SSSR count). The van der Waals surface area contributed by atoms with Crippen molar-refractivity contribution in [3.8, 4) is 0 Å². The second kappa shape index (κ2) is 4.92. The van der Waals surface area contributed by atoms with Crippen molar-refractivity contribution in [2.45, 2.75) is 31.9 Å². The molecule has 1 aromatic rings. The Morgan fingerprint density at radius 1 is 1.53 bits per heavy atom. The van der Waals surface area contributed by atoms with Gasteiger partial charge in [0.1, 0.15) is 5.82 Å². The Kier molecular flexibility index (Phi) is 3.71. The minimum absolute atomic E-state index is 0.192. The highest BCUT2D eigenvalue weighted by atomic mass is 35.5. The number of aliphatic hydroxyl groups is 1. The molecule has 0 aliphatic carbocycles. The predicted octanol–water partition coefficient (Wildman–Crippen LogP) is 2.83. The van der Waals surface area contributed by atoms with E-state index in [1.807, 2.05) is 13.0 Å². The van der Waals surface area contributed by atoms with Crippen LogP contribution in [0.3, 0.4) is 0 Å². The van der Waals surface area contributed by atoms with Crippen LogP contribution in [-0.2, 0) is 6.54 Å². The van der Waals surface area contributed by atoms with Gasteiger partial charge in [-0.15, -0.1) is 0 Å². The molecule has 0 spiro atoms. The Bertz CT molecular complexity index is 408. The third-order valence-electron chi connectivity index (χ3n) is 3.18. The molecule has 1 aromatic carbocycles. The summed E-state index contributed by atoms with van der Waals surface area (Å²) < 4.78 is 13.3. The lowest BCUT2D eigenvalue weighted by molar-refractivity contribution is -0.0181. The number of piperidine rings is 1. The maximum absolute atomic E-state index is 13.3. The minimum atomic E-state index is -0.641. The van der Waals surface area contributed by atoms with Gasteiger partial charge in [-0.1, -0.05) is 23.7 Å². The average Bonchev–Trinajstić information content (AvgIpc) is 2.23. The van der Waals surface area contributed by atoms with Crippen LogP contribution < -0.4 is 0 Å². The molecule has 0 saturated carbocycles.